The predicted octanol–water partition coefficient (Wildman–Crippen LogP) is 3.08. The monoisotopic (exact) mass is 215 g/mol. The summed E-state index contributed by atoms with van der Waals surface area (Å²) in [5.41, 5.74) is 2.35. The molecule has 0 atom stereocenters. The van der Waals surface area contributed by atoms with Crippen molar-refractivity contribution in [2.75, 3.05) is 5.32 Å². The van der Waals surface area contributed by atoms with E-state index in [1.165, 1.54) is 0 Å². The number of hydrogen-bond donors (Lipinski definition) is 1. The van der Waals surface area contributed by atoms with Crippen molar-refractivity contribution < 1.29 is 0 Å². The molecule has 1 N–H and O–H groups in total. The van der Waals surface area contributed by atoms with E-state index in [-0.39, 0.29) is 5.54 Å². The highest BCUT2D eigenvalue weighted by atomic mass is 15.0. The van der Waals surface area contributed by atoms with Crippen LogP contribution in [0.2, 0.25) is 0 Å². The van der Waals surface area contributed by atoms with E-state index in [9.17, 15) is 0 Å². The number of hydrogen-bond acceptors (Lipinski definition) is 2. The van der Waals surface area contributed by atoms with Crippen LogP contribution in [0.4, 0.5) is 5.69 Å². The molecule has 0 unspecified atom stereocenters. The van der Waals surface area contributed by atoms with Gasteiger partial charge < -0.3 is 9.88 Å². The van der Waals surface area contributed by atoms with Crippen LogP contribution in [0, 0.1) is 0 Å². The lowest BCUT2D eigenvalue weighted by atomic mass is 10.1. The molecule has 0 radical (unpaired) electrons. The van der Waals surface area contributed by atoms with Gasteiger partial charge in [-0.3, -0.25) is 0 Å². The molecule has 1 aromatic heterocycles. The number of rotatable bonds is 2. The Labute approximate surface area is 96.1 Å². The van der Waals surface area contributed by atoms with E-state index < -0.39 is 0 Å². The number of anilines is 1. The van der Waals surface area contributed by atoms with E-state index in [1.807, 2.05) is 10.8 Å². The Hall–Kier alpha value is -1.77. The van der Waals surface area contributed by atoms with E-state index in [2.05, 4.69) is 55.3 Å². The number of aromatic nitrogens is 2. The molecule has 2 rings (SSSR count). The largest absolute Gasteiger partial charge is 0.380 e. The lowest BCUT2D eigenvalue weighted by molar-refractivity contribution is 0.634. The first kappa shape index (κ1) is 10.7. The molecule has 84 valence electrons. The minimum Gasteiger partial charge on any atom is -0.380 e. The second-order valence-corrected chi connectivity index (χ2v) is 4.89. The van der Waals surface area contributed by atoms with Crippen LogP contribution in [-0.2, 0) is 0 Å². The summed E-state index contributed by atoms with van der Waals surface area (Å²) in [6.07, 6.45) is 5.51. The van der Waals surface area contributed by atoms with Crippen LogP contribution in [0.1, 0.15) is 20.8 Å². The molecular weight excluding hydrogens is 198 g/mol. The maximum atomic E-state index is 4.03. The van der Waals surface area contributed by atoms with E-state index in [4.69, 9.17) is 0 Å². The van der Waals surface area contributed by atoms with Gasteiger partial charge in [-0.15, -0.1) is 0 Å². The van der Waals surface area contributed by atoms with E-state index >= 15 is 0 Å². The fraction of sp³-hybridized carbons (Fsp3) is 0.308. The summed E-state index contributed by atoms with van der Waals surface area (Å²) >= 11 is 0. The normalized spacial score (nSPS) is 11.4. The smallest absolute Gasteiger partial charge is 0.0991 e. The Morgan fingerprint density at radius 3 is 2.31 bits per heavy atom. The van der Waals surface area contributed by atoms with Crippen molar-refractivity contribution in [3.63, 3.8) is 0 Å². The van der Waals surface area contributed by atoms with Crippen LogP contribution in [0.15, 0.2) is 43.0 Å². The molecule has 0 bridgehead atoms. The zero-order valence-electron chi connectivity index (χ0n) is 9.94. The Balaban J connectivity index is 2.17. The third-order valence-corrected chi connectivity index (χ3v) is 2.19. The summed E-state index contributed by atoms with van der Waals surface area (Å²) in [5.74, 6) is 0. The van der Waals surface area contributed by atoms with Crippen LogP contribution >= 0.6 is 0 Å². The average Bonchev–Trinajstić information content (AvgIpc) is 2.69. The van der Waals surface area contributed by atoms with E-state index in [0.29, 0.717) is 0 Å². The summed E-state index contributed by atoms with van der Waals surface area (Å²) in [6, 6.07) is 8.33. The van der Waals surface area contributed by atoms with Gasteiger partial charge in [0.25, 0.3) is 0 Å². The molecule has 0 saturated carbocycles. The second-order valence-electron chi connectivity index (χ2n) is 4.89. The van der Waals surface area contributed by atoms with Gasteiger partial charge in [-0.25, -0.2) is 4.98 Å². The van der Waals surface area contributed by atoms with Gasteiger partial charge in [-0.05, 0) is 45.0 Å². The van der Waals surface area contributed by atoms with Gasteiger partial charge in [0, 0.05) is 29.3 Å². The van der Waals surface area contributed by atoms with Gasteiger partial charge >= 0.3 is 0 Å². The summed E-state index contributed by atoms with van der Waals surface area (Å²) in [4.78, 5) is 4.03. The number of imidazole rings is 1. The Kier molecular flexibility index (Phi) is 2.69. The van der Waals surface area contributed by atoms with Crippen molar-refractivity contribution in [3.05, 3.63) is 43.0 Å². The Morgan fingerprint density at radius 1 is 1.12 bits per heavy atom. The maximum Gasteiger partial charge on any atom is 0.0991 e. The number of nitrogens with zero attached hydrogens (tertiary/aromatic N) is 2. The van der Waals surface area contributed by atoms with Crippen molar-refractivity contribution in [1.29, 1.82) is 0 Å². The first-order valence-electron chi connectivity index (χ1n) is 5.41. The molecule has 0 spiro atoms. The fourth-order valence-electron chi connectivity index (χ4n) is 1.56. The second kappa shape index (κ2) is 4.00. The molecule has 0 aliphatic heterocycles. The molecule has 0 aliphatic carbocycles. The average molecular weight is 215 g/mol. The SMILES string of the molecule is CC(C)(C)Nc1ccc(-n2ccnc2)cc1. The lowest BCUT2D eigenvalue weighted by Gasteiger charge is -2.22. The van der Waals surface area contributed by atoms with Gasteiger partial charge in [0.15, 0.2) is 0 Å². The maximum absolute atomic E-state index is 4.03. The molecule has 3 nitrogen and oxygen atoms in total. The summed E-state index contributed by atoms with van der Waals surface area (Å²) in [5, 5.41) is 3.43. The third-order valence-electron chi connectivity index (χ3n) is 2.19. The van der Waals surface area contributed by atoms with Gasteiger partial charge in [-0.1, -0.05) is 0 Å². The molecule has 0 aliphatic rings. The Morgan fingerprint density at radius 2 is 1.81 bits per heavy atom. The van der Waals surface area contributed by atoms with Crippen LogP contribution in [0.25, 0.3) is 5.69 Å². The topological polar surface area (TPSA) is 29.9 Å². The quantitative estimate of drug-likeness (QED) is 0.834. The summed E-state index contributed by atoms with van der Waals surface area (Å²) in [7, 11) is 0. The predicted molar refractivity (Wildman–Crippen MR) is 66.9 cm³/mol. The molecular formula is C13H17N3. The standard InChI is InChI=1S/C13H17N3/c1-13(2,3)15-11-4-6-12(7-5-11)16-9-8-14-10-16/h4-10,15H,1-3H3. The van der Waals surface area contributed by atoms with Crippen LogP contribution in [0.5, 0.6) is 0 Å². The van der Waals surface area contributed by atoms with E-state index in [1.54, 1.807) is 12.5 Å². The lowest BCUT2D eigenvalue weighted by Crippen LogP contribution is -2.25. The molecule has 0 saturated heterocycles. The van der Waals surface area contributed by atoms with Gasteiger partial charge in [-0.2, -0.15) is 0 Å². The highest BCUT2D eigenvalue weighted by Gasteiger charge is 2.08. The molecule has 0 amide bonds. The zero-order valence-corrected chi connectivity index (χ0v) is 9.94. The highest BCUT2D eigenvalue weighted by Crippen LogP contribution is 2.16. The van der Waals surface area contributed by atoms with Gasteiger partial charge in [0.1, 0.15) is 0 Å². The Bertz CT molecular complexity index is 435. The third kappa shape index (κ3) is 2.63. The van der Waals surface area contributed by atoms with Crippen molar-refractivity contribution in [3.8, 4) is 5.69 Å². The molecule has 1 aromatic carbocycles. The molecule has 3 heteroatoms. The molecule has 2 aromatic rings. The first-order valence-corrected chi connectivity index (χ1v) is 5.41. The minimum atomic E-state index is 0.0938. The first-order chi connectivity index (χ1) is 7.54. The molecule has 0 fully saturated rings. The van der Waals surface area contributed by atoms with Crippen molar-refractivity contribution >= 4 is 5.69 Å². The van der Waals surface area contributed by atoms with E-state index in [0.717, 1.165) is 11.4 Å². The summed E-state index contributed by atoms with van der Waals surface area (Å²) < 4.78 is 1.99. The van der Waals surface area contributed by atoms with Crippen molar-refractivity contribution in [2.24, 2.45) is 0 Å². The fourth-order valence-corrected chi connectivity index (χ4v) is 1.56. The summed E-state index contributed by atoms with van der Waals surface area (Å²) in [6.45, 7) is 6.45. The van der Waals surface area contributed by atoms with Gasteiger partial charge in [0.2, 0.25) is 0 Å². The van der Waals surface area contributed by atoms with Crippen LogP contribution in [0.3, 0.4) is 0 Å². The van der Waals surface area contributed by atoms with Crippen molar-refractivity contribution in [2.45, 2.75) is 26.3 Å². The molecule has 1 heterocycles. The van der Waals surface area contributed by atoms with Crippen molar-refractivity contribution in [1.82, 2.24) is 9.55 Å². The van der Waals surface area contributed by atoms with Crippen LogP contribution in [-0.4, -0.2) is 15.1 Å². The minimum absolute atomic E-state index is 0.0938. The highest BCUT2D eigenvalue weighted by molar-refractivity contribution is 5.49. The zero-order chi connectivity index (χ0) is 11.6. The van der Waals surface area contributed by atoms with Gasteiger partial charge in [0.05, 0.1) is 6.33 Å². The van der Waals surface area contributed by atoms with Crippen LogP contribution < -0.4 is 5.32 Å². The molecule has 16 heavy (non-hydrogen) atoms. The number of nitrogens with one attached hydrogen (secondary N) is 1. The number of benzene rings is 1.